The third kappa shape index (κ3) is 3.00. The first kappa shape index (κ1) is 11.1. The third-order valence-corrected chi connectivity index (χ3v) is 2.04. The molecular weight excluding hydrogens is 188 g/mol. The fourth-order valence-electron chi connectivity index (χ4n) is 1.29. The van der Waals surface area contributed by atoms with Crippen molar-refractivity contribution < 1.29 is 4.74 Å². The van der Waals surface area contributed by atoms with Crippen LogP contribution in [0.15, 0.2) is 24.3 Å². The predicted molar refractivity (Wildman–Crippen MR) is 56.2 cm³/mol. The maximum atomic E-state index is 8.85. The zero-order chi connectivity index (χ0) is 11.1. The van der Waals surface area contributed by atoms with Crippen LogP contribution in [-0.4, -0.2) is 6.61 Å². The molecule has 0 spiro atoms. The summed E-state index contributed by atoms with van der Waals surface area (Å²) in [6, 6.07) is 11.4. The second-order valence-corrected chi connectivity index (χ2v) is 3.05. The van der Waals surface area contributed by atoms with Crippen molar-refractivity contribution in [3.8, 4) is 17.9 Å². The lowest BCUT2D eigenvalue weighted by Crippen LogP contribution is -1.95. The highest BCUT2D eigenvalue weighted by atomic mass is 16.5. The van der Waals surface area contributed by atoms with Gasteiger partial charge in [-0.05, 0) is 24.6 Å². The summed E-state index contributed by atoms with van der Waals surface area (Å²) >= 11 is 0. The fourth-order valence-corrected chi connectivity index (χ4v) is 1.29. The molecule has 1 aromatic carbocycles. The van der Waals surface area contributed by atoms with Crippen LogP contribution in [0.25, 0.3) is 0 Å². The van der Waals surface area contributed by atoms with E-state index in [-0.39, 0.29) is 12.3 Å². The molecule has 0 aliphatic heterocycles. The van der Waals surface area contributed by atoms with E-state index in [0.717, 1.165) is 11.3 Å². The van der Waals surface area contributed by atoms with E-state index in [0.29, 0.717) is 6.61 Å². The van der Waals surface area contributed by atoms with Gasteiger partial charge in [-0.2, -0.15) is 10.5 Å². The van der Waals surface area contributed by atoms with Crippen molar-refractivity contribution in [1.82, 2.24) is 0 Å². The van der Waals surface area contributed by atoms with Crippen molar-refractivity contribution >= 4 is 0 Å². The van der Waals surface area contributed by atoms with Crippen LogP contribution in [0.3, 0.4) is 0 Å². The predicted octanol–water partition coefficient (Wildman–Crippen LogP) is 2.61. The van der Waals surface area contributed by atoms with Crippen molar-refractivity contribution in [2.45, 2.75) is 19.3 Å². The second-order valence-electron chi connectivity index (χ2n) is 3.05. The molecule has 0 saturated carbocycles. The summed E-state index contributed by atoms with van der Waals surface area (Å²) in [7, 11) is 0. The summed E-state index contributed by atoms with van der Waals surface area (Å²) in [4.78, 5) is 0. The normalized spacial score (nSPS) is 11.1. The first-order chi connectivity index (χ1) is 7.31. The van der Waals surface area contributed by atoms with E-state index in [1.165, 1.54) is 0 Å². The molecule has 0 aliphatic rings. The minimum Gasteiger partial charge on any atom is -0.494 e. The Bertz CT molecular complexity index is 384. The van der Waals surface area contributed by atoms with Gasteiger partial charge in [-0.15, -0.1) is 0 Å². The lowest BCUT2D eigenvalue weighted by atomic mass is 9.98. The van der Waals surface area contributed by atoms with Crippen LogP contribution in [-0.2, 0) is 0 Å². The zero-order valence-corrected chi connectivity index (χ0v) is 8.60. The molecule has 0 aromatic heterocycles. The van der Waals surface area contributed by atoms with Gasteiger partial charge in [0.2, 0.25) is 0 Å². The molecule has 3 nitrogen and oxygen atoms in total. The minimum absolute atomic E-state index is 0.227. The molecule has 0 fully saturated rings. The van der Waals surface area contributed by atoms with Crippen LogP contribution in [0.2, 0.25) is 0 Å². The van der Waals surface area contributed by atoms with Gasteiger partial charge in [0.05, 0.1) is 31.1 Å². The SMILES string of the molecule is CCOc1ccc(C(C#N)CC#N)cc1. The average molecular weight is 200 g/mol. The van der Waals surface area contributed by atoms with Gasteiger partial charge in [0.15, 0.2) is 0 Å². The Labute approximate surface area is 89.5 Å². The second kappa shape index (κ2) is 5.67. The monoisotopic (exact) mass is 200 g/mol. The molecule has 1 rings (SSSR count). The Morgan fingerprint density at radius 1 is 1.27 bits per heavy atom. The number of nitriles is 2. The van der Waals surface area contributed by atoms with Crippen molar-refractivity contribution in [1.29, 1.82) is 10.5 Å². The number of hydrogen-bond acceptors (Lipinski definition) is 3. The van der Waals surface area contributed by atoms with Gasteiger partial charge in [0, 0.05) is 0 Å². The highest BCUT2D eigenvalue weighted by Gasteiger charge is 2.09. The number of benzene rings is 1. The van der Waals surface area contributed by atoms with E-state index in [1.807, 2.05) is 37.3 Å². The van der Waals surface area contributed by atoms with E-state index in [4.69, 9.17) is 15.3 Å². The molecule has 0 saturated heterocycles. The van der Waals surface area contributed by atoms with Crippen molar-refractivity contribution in [3.63, 3.8) is 0 Å². The smallest absolute Gasteiger partial charge is 0.119 e. The largest absolute Gasteiger partial charge is 0.494 e. The molecule has 0 radical (unpaired) electrons. The van der Waals surface area contributed by atoms with Crippen LogP contribution in [0.5, 0.6) is 5.75 Å². The molecule has 0 aliphatic carbocycles. The maximum absolute atomic E-state index is 8.85. The summed E-state index contributed by atoms with van der Waals surface area (Å²) in [6.07, 6.45) is 0.227. The first-order valence-corrected chi connectivity index (χ1v) is 4.81. The van der Waals surface area contributed by atoms with Crippen molar-refractivity contribution in [3.05, 3.63) is 29.8 Å². The van der Waals surface area contributed by atoms with E-state index >= 15 is 0 Å². The molecular formula is C12H12N2O. The van der Waals surface area contributed by atoms with Crippen LogP contribution in [0, 0.1) is 22.7 Å². The molecule has 0 heterocycles. The van der Waals surface area contributed by atoms with E-state index in [1.54, 1.807) is 0 Å². The van der Waals surface area contributed by atoms with Crippen LogP contribution < -0.4 is 4.74 Å². The van der Waals surface area contributed by atoms with Crippen LogP contribution >= 0.6 is 0 Å². The van der Waals surface area contributed by atoms with Gasteiger partial charge >= 0.3 is 0 Å². The summed E-state index contributed by atoms with van der Waals surface area (Å²) < 4.78 is 5.29. The summed E-state index contributed by atoms with van der Waals surface area (Å²) in [5, 5.41) is 17.4. The van der Waals surface area contributed by atoms with Gasteiger partial charge in [-0.25, -0.2) is 0 Å². The minimum atomic E-state index is -0.342. The lowest BCUT2D eigenvalue weighted by Gasteiger charge is -2.06. The Balaban J connectivity index is 2.79. The molecule has 0 bridgehead atoms. The van der Waals surface area contributed by atoms with E-state index in [2.05, 4.69) is 6.07 Å². The van der Waals surface area contributed by atoms with Crippen LogP contribution in [0.4, 0.5) is 0 Å². The van der Waals surface area contributed by atoms with Crippen LogP contribution in [0.1, 0.15) is 24.8 Å². The van der Waals surface area contributed by atoms with Gasteiger partial charge < -0.3 is 4.74 Å². The Kier molecular flexibility index (Phi) is 4.19. The van der Waals surface area contributed by atoms with Crippen molar-refractivity contribution in [2.24, 2.45) is 0 Å². The summed E-state index contributed by atoms with van der Waals surface area (Å²) in [5.41, 5.74) is 0.863. The number of nitrogens with zero attached hydrogens (tertiary/aromatic N) is 2. The summed E-state index contributed by atoms with van der Waals surface area (Å²) in [6.45, 7) is 2.54. The molecule has 3 heteroatoms. The maximum Gasteiger partial charge on any atom is 0.119 e. The van der Waals surface area contributed by atoms with Crippen molar-refractivity contribution in [2.75, 3.05) is 6.61 Å². The number of ether oxygens (including phenoxy) is 1. The van der Waals surface area contributed by atoms with E-state index in [9.17, 15) is 0 Å². The molecule has 76 valence electrons. The molecule has 1 aromatic rings. The number of rotatable bonds is 4. The molecule has 1 atom stereocenters. The molecule has 0 N–H and O–H groups in total. The summed E-state index contributed by atoms with van der Waals surface area (Å²) in [5.74, 6) is 0.445. The van der Waals surface area contributed by atoms with E-state index < -0.39 is 0 Å². The fraction of sp³-hybridized carbons (Fsp3) is 0.333. The Morgan fingerprint density at radius 2 is 1.93 bits per heavy atom. The quantitative estimate of drug-likeness (QED) is 0.750. The van der Waals surface area contributed by atoms with Gasteiger partial charge in [0.1, 0.15) is 5.75 Å². The molecule has 0 amide bonds. The first-order valence-electron chi connectivity index (χ1n) is 4.81. The standard InChI is InChI=1S/C12H12N2O/c1-2-15-12-5-3-10(4-6-12)11(9-14)7-8-13/h3-6,11H,2,7H2,1H3. The topological polar surface area (TPSA) is 56.8 Å². The zero-order valence-electron chi connectivity index (χ0n) is 8.60. The van der Waals surface area contributed by atoms with Gasteiger partial charge in [-0.1, -0.05) is 12.1 Å². The highest BCUT2D eigenvalue weighted by Crippen LogP contribution is 2.21. The molecule has 15 heavy (non-hydrogen) atoms. The number of hydrogen-bond donors (Lipinski definition) is 0. The van der Waals surface area contributed by atoms with Gasteiger partial charge in [-0.3, -0.25) is 0 Å². The Morgan fingerprint density at radius 3 is 2.40 bits per heavy atom. The van der Waals surface area contributed by atoms with Gasteiger partial charge in [0.25, 0.3) is 0 Å². The highest BCUT2D eigenvalue weighted by molar-refractivity contribution is 5.32. The third-order valence-electron chi connectivity index (χ3n) is 2.04. The molecule has 1 unspecified atom stereocenters. The average Bonchev–Trinajstić information content (AvgIpc) is 2.28. The Hall–Kier alpha value is -2.00. The lowest BCUT2D eigenvalue weighted by molar-refractivity contribution is 0.340.